The molecule has 0 spiro atoms. The third-order valence-corrected chi connectivity index (χ3v) is 5.38. The van der Waals surface area contributed by atoms with E-state index in [4.69, 9.17) is 0 Å². The molecule has 0 aliphatic heterocycles. The lowest BCUT2D eigenvalue weighted by molar-refractivity contribution is -0.384. The topological polar surface area (TPSA) is 105 Å². The van der Waals surface area contributed by atoms with E-state index in [1.165, 1.54) is 46.2 Å². The normalized spacial score (nSPS) is 16.6. The fourth-order valence-electron chi connectivity index (χ4n) is 2.79. The molecule has 7 nitrogen and oxygen atoms in total. The fraction of sp³-hybridized carbons (Fsp3) is 0.294. The SMILES string of the molecule is C[C@H]1CCc2sc(C(=O)N/N=C\c3cc([N+](=O)[O-])ccc3O)cc2C1. The molecule has 1 aliphatic carbocycles. The molecule has 8 heteroatoms. The maximum Gasteiger partial charge on any atom is 0.281 e. The van der Waals surface area contributed by atoms with E-state index < -0.39 is 4.92 Å². The number of hydrogen-bond donors (Lipinski definition) is 2. The third kappa shape index (κ3) is 3.85. The van der Waals surface area contributed by atoms with Crippen molar-refractivity contribution in [3.63, 3.8) is 0 Å². The first-order valence-corrected chi connectivity index (χ1v) is 8.68. The van der Waals surface area contributed by atoms with Crippen LogP contribution >= 0.6 is 11.3 Å². The van der Waals surface area contributed by atoms with Gasteiger partial charge in [-0.1, -0.05) is 6.92 Å². The van der Waals surface area contributed by atoms with Crippen LogP contribution in [0, 0.1) is 16.0 Å². The van der Waals surface area contributed by atoms with Crippen LogP contribution in [0.3, 0.4) is 0 Å². The van der Waals surface area contributed by atoms with E-state index in [1.807, 2.05) is 6.07 Å². The highest BCUT2D eigenvalue weighted by molar-refractivity contribution is 7.14. The Morgan fingerprint density at radius 3 is 3.04 bits per heavy atom. The van der Waals surface area contributed by atoms with Crippen LogP contribution in [0.4, 0.5) is 5.69 Å². The Morgan fingerprint density at radius 1 is 1.48 bits per heavy atom. The molecule has 2 N–H and O–H groups in total. The number of phenols is 1. The Balaban J connectivity index is 1.69. The van der Waals surface area contributed by atoms with Gasteiger partial charge in [0.15, 0.2) is 0 Å². The molecule has 0 saturated heterocycles. The molecule has 0 unspecified atom stereocenters. The summed E-state index contributed by atoms with van der Waals surface area (Å²) in [7, 11) is 0. The number of benzene rings is 1. The van der Waals surface area contributed by atoms with Crippen molar-refractivity contribution in [1.82, 2.24) is 5.43 Å². The van der Waals surface area contributed by atoms with Crippen molar-refractivity contribution in [1.29, 1.82) is 0 Å². The summed E-state index contributed by atoms with van der Waals surface area (Å²) in [5.74, 6) is 0.158. The summed E-state index contributed by atoms with van der Waals surface area (Å²) < 4.78 is 0. The van der Waals surface area contributed by atoms with E-state index in [0.29, 0.717) is 10.8 Å². The van der Waals surface area contributed by atoms with Gasteiger partial charge in [0.05, 0.1) is 16.0 Å². The number of rotatable bonds is 4. The number of aryl methyl sites for hydroxylation is 1. The van der Waals surface area contributed by atoms with Crippen LogP contribution < -0.4 is 5.43 Å². The molecule has 1 amide bonds. The van der Waals surface area contributed by atoms with Crippen molar-refractivity contribution in [2.45, 2.75) is 26.2 Å². The van der Waals surface area contributed by atoms with E-state index in [0.717, 1.165) is 19.3 Å². The molecule has 1 atom stereocenters. The van der Waals surface area contributed by atoms with E-state index in [1.54, 1.807) is 0 Å². The average Bonchev–Trinajstić information content (AvgIpc) is 2.99. The number of fused-ring (bicyclic) bond motifs is 1. The zero-order valence-electron chi connectivity index (χ0n) is 13.6. The molecule has 25 heavy (non-hydrogen) atoms. The number of phenolic OH excluding ortho intramolecular Hbond substituents is 1. The number of hydrazone groups is 1. The number of amides is 1. The molecule has 1 heterocycles. The molecule has 0 radical (unpaired) electrons. The molecule has 0 fully saturated rings. The second kappa shape index (κ2) is 7.02. The molecule has 3 rings (SSSR count). The van der Waals surface area contributed by atoms with E-state index in [2.05, 4.69) is 17.5 Å². The fourth-order valence-corrected chi connectivity index (χ4v) is 3.89. The van der Waals surface area contributed by atoms with Crippen LogP contribution in [0.2, 0.25) is 0 Å². The van der Waals surface area contributed by atoms with Crippen LogP contribution in [0.15, 0.2) is 29.4 Å². The molecular formula is C17H17N3O4S. The number of nitro groups is 1. The molecule has 1 aliphatic rings. The number of nitrogens with one attached hydrogen (secondary N) is 1. The highest BCUT2D eigenvalue weighted by Crippen LogP contribution is 2.32. The number of non-ortho nitro benzene ring substituents is 1. The lowest BCUT2D eigenvalue weighted by atomic mass is 9.90. The van der Waals surface area contributed by atoms with Gasteiger partial charge >= 0.3 is 0 Å². The molecule has 1 aromatic carbocycles. The number of aromatic hydroxyl groups is 1. The van der Waals surface area contributed by atoms with Crippen LogP contribution in [-0.2, 0) is 12.8 Å². The minimum Gasteiger partial charge on any atom is -0.507 e. The van der Waals surface area contributed by atoms with E-state index in [9.17, 15) is 20.0 Å². The first-order valence-electron chi connectivity index (χ1n) is 7.86. The Labute approximate surface area is 148 Å². The summed E-state index contributed by atoms with van der Waals surface area (Å²) in [4.78, 5) is 24.3. The lowest BCUT2D eigenvalue weighted by Gasteiger charge is -2.16. The average molecular weight is 359 g/mol. The van der Waals surface area contributed by atoms with E-state index >= 15 is 0 Å². The quantitative estimate of drug-likeness (QED) is 0.496. The summed E-state index contributed by atoms with van der Waals surface area (Å²) in [6, 6.07) is 5.51. The van der Waals surface area contributed by atoms with Gasteiger partial charge in [-0.05, 0) is 42.9 Å². The van der Waals surface area contributed by atoms with Crippen molar-refractivity contribution < 1.29 is 14.8 Å². The van der Waals surface area contributed by atoms with Gasteiger partial charge in [0.25, 0.3) is 11.6 Å². The van der Waals surface area contributed by atoms with Gasteiger partial charge in [-0.15, -0.1) is 11.3 Å². The van der Waals surface area contributed by atoms with Crippen LogP contribution in [0.5, 0.6) is 5.75 Å². The Morgan fingerprint density at radius 2 is 2.28 bits per heavy atom. The molecule has 0 saturated carbocycles. The highest BCUT2D eigenvalue weighted by Gasteiger charge is 2.20. The largest absolute Gasteiger partial charge is 0.507 e. The van der Waals surface area contributed by atoms with Gasteiger partial charge in [0.2, 0.25) is 0 Å². The molecule has 2 aromatic rings. The summed E-state index contributed by atoms with van der Waals surface area (Å²) >= 11 is 1.48. The molecular weight excluding hydrogens is 342 g/mol. The number of carbonyl (C=O) groups is 1. The number of hydrogen-bond acceptors (Lipinski definition) is 6. The number of thiophene rings is 1. The minimum absolute atomic E-state index is 0.149. The summed E-state index contributed by atoms with van der Waals surface area (Å²) in [6.07, 6.45) is 4.32. The van der Waals surface area contributed by atoms with Crippen molar-refractivity contribution in [2.75, 3.05) is 0 Å². The monoisotopic (exact) mass is 359 g/mol. The predicted octanol–water partition coefficient (Wildman–Crippen LogP) is 3.25. The van der Waals surface area contributed by atoms with Gasteiger partial charge in [-0.25, -0.2) is 5.43 Å². The summed E-state index contributed by atoms with van der Waals surface area (Å²) in [5, 5.41) is 24.3. The van der Waals surface area contributed by atoms with Crippen molar-refractivity contribution in [2.24, 2.45) is 11.0 Å². The molecule has 0 bridgehead atoms. The maximum atomic E-state index is 12.2. The van der Waals surface area contributed by atoms with Gasteiger partial charge in [-0.3, -0.25) is 14.9 Å². The summed E-state index contributed by atoms with van der Waals surface area (Å²) in [6.45, 7) is 2.20. The summed E-state index contributed by atoms with van der Waals surface area (Å²) in [5.41, 5.74) is 3.63. The Hall–Kier alpha value is -2.74. The van der Waals surface area contributed by atoms with Gasteiger partial charge in [-0.2, -0.15) is 5.10 Å². The zero-order valence-corrected chi connectivity index (χ0v) is 14.4. The van der Waals surface area contributed by atoms with Crippen LogP contribution in [-0.4, -0.2) is 22.2 Å². The molecule has 1 aromatic heterocycles. The number of nitro benzene ring substituents is 1. The first-order chi connectivity index (χ1) is 11.9. The van der Waals surface area contributed by atoms with Crippen molar-refractivity contribution in [3.05, 3.63) is 55.3 Å². The highest BCUT2D eigenvalue weighted by atomic mass is 32.1. The second-order valence-corrected chi connectivity index (χ2v) is 7.24. The number of nitrogens with zero attached hydrogens (tertiary/aromatic N) is 2. The zero-order chi connectivity index (χ0) is 18.0. The van der Waals surface area contributed by atoms with Crippen LogP contribution in [0.1, 0.15) is 39.0 Å². The minimum atomic E-state index is -0.563. The number of carbonyl (C=O) groups excluding carboxylic acids is 1. The van der Waals surface area contributed by atoms with Crippen molar-refractivity contribution in [3.8, 4) is 5.75 Å². The molecule has 130 valence electrons. The Bertz CT molecular complexity index is 860. The van der Waals surface area contributed by atoms with E-state index in [-0.39, 0.29) is 22.9 Å². The first kappa shape index (κ1) is 17.1. The second-order valence-electron chi connectivity index (χ2n) is 6.11. The van der Waals surface area contributed by atoms with Gasteiger partial charge < -0.3 is 5.11 Å². The van der Waals surface area contributed by atoms with Gasteiger partial charge in [0.1, 0.15) is 5.75 Å². The van der Waals surface area contributed by atoms with Gasteiger partial charge in [0, 0.05) is 22.6 Å². The smallest absolute Gasteiger partial charge is 0.281 e. The predicted molar refractivity (Wildman–Crippen MR) is 95.3 cm³/mol. The standard InChI is InChI=1S/C17H17N3O4S/c1-10-2-5-15-11(6-10)8-16(25-15)17(22)19-18-9-12-7-13(20(23)24)3-4-14(12)21/h3-4,7-10,21H,2,5-6H2,1H3,(H,19,22)/b18-9-/t10-/m0/s1. The lowest BCUT2D eigenvalue weighted by Crippen LogP contribution is -2.16. The maximum absolute atomic E-state index is 12.2. The Kier molecular flexibility index (Phi) is 4.80. The van der Waals surface area contributed by atoms with Crippen LogP contribution in [0.25, 0.3) is 0 Å². The van der Waals surface area contributed by atoms with Crippen molar-refractivity contribution >= 4 is 29.1 Å². The third-order valence-electron chi connectivity index (χ3n) is 4.14.